The Morgan fingerprint density at radius 2 is 1.47 bits per heavy atom. The molecule has 9 heteroatoms. The average Bonchev–Trinajstić information content (AvgIpc) is 2.87. The number of hydrogen-bond acceptors (Lipinski definition) is 4. The largest absolute Gasteiger partial charge is 0.326 e. The number of fused-ring (bicyclic) bond motifs is 1. The zero-order chi connectivity index (χ0) is 25.7. The molecule has 36 heavy (non-hydrogen) atoms. The number of urea groups is 1. The van der Waals surface area contributed by atoms with E-state index >= 15 is 0 Å². The third-order valence-electron chi connectivity index (χ3n) is 5.68. The van der Waals surface area contributed by atoms with Gasteiger partial charge in [0.2, 0.25) is 11.8 Å². The smallest absolute Gasteiger partial charge is 0.319 e. The molecule has 3 aromatic carbocycles. The van der Waals surface area contributed by atoms with Gasteiger partial charge in [0.05, 0.1) is 11.4 Å². The summed E-state index contributed by atoms with van der Waals surface area (Å²) in [5.74, 6) is -1.14. The van der Waals surface area contributed by atoms with Gasteiger partial charge in [0.25, 0.3) is 5.91 Å². The van der Waals surface area contributed by atoms with Crippen molar-refractivity contribution in [1.29, 1.82) is 0 Å². The SMILES string of the molecule is CC(C)C(NC(=O)Nc1ccccc1)C(=O)Nc1ccc(C(=O)N2CC(=O)Nc3ccccc32)cc1. The van der Waals surface area contributed by atoms with Crippen molar-refractivity contribution < 1.29 is 19.2 Å². The van der Waals surface area contributed by atoms with E-state index in [0.717, 1.165) is 0 Å². The third kappa shape index (κ3) is 5.69. The summed E-state index contributed by atoms with van der Waals surface area (Å²) in [6.07, 6.45) is 0. The first kappa shape index (κ1) is 24.5. The van der Waals surface area contributed by atoms with Crippen LogP contribution in [0.4, 0.5) is 27.5 Å². The number of anilines is 4. The first-order valence-corrected chi connectivity index (χ1v) is 11.6. The van der Waals surface area contributed by atoms with Crippen molar-refractivity contribution >= 4 is 46.5 Å². The number of para-hydroxylation sites is 3. The maximum Gasteiger partial charge on any atom is 0.319 e. The van der Waals surface area contributed by atoms with Crippen LogP contribution in [0.3, 0.4) is 0 Å². The van der Waals surface area contributed by atoms with Crippen LogP contribution in [0.1, 0.15) is 24.2 Å². The zero-order valence-electron chi connectivity index (χ0n) is 19.9. The Balaban J connectivity index is 1.41. The second kappa shape index (κ2) is 10.7. The highest BCUT2D eigenvalue weighted by atomic mass is 16.2. The van der Waals surface area contributed by atoms with Crippen LogP contribution in [0.25, 0.3) is 0 Å². The van der Waals surface area contributed by atoms with Gasteiger partial charge in [-0.25, -0.2) is 4.79 Å². The second-order valence-corrected chi connectivity index (χ2v) is 8.71. The highest BCUT2D eigenvalue weighted by Crippen LogP contribution is 2.30. The summed E-state index contributed by atoms with van der Waals surface area (Å²) < 4.78 is 0. The molecule has 0 fully saturated rings. The van der Waals surface area contributed by atoms with E-state index in [1.807, 2.05) is 19.9 Å². The summed E-state index contributed by atoms with van der Waals surface area (Å²) in [5.41, 5.74) is 2.67. The molecule has 4 N–H and O–H groups in total. The minimum absolute atomic E-state index is 0.0822. The molecule has 0 aliphatic carbocycles. The molecule has 0 bridgehead atoms. The van der Waals surface area contributed by atoms with Gasteiger partial charge in [-0.1, -0.05) is 44.2 Å². The van der Waals surface area contributed by atoms with Crippen LogP contribution in [0.2, 0.25) is 0 Å². The van der Waals surface area contributed by atoms with Crippen LogP contribution in [0.5, 0.6) is 0 Å². The van der Waals surface area contributed by atoms with Crippen LogP contribution < -0.4 is 26.2 Å². The first-order chi connectivity index (χ1) is 17.3. The van der Waals surface area contributed by atoms with E-state index in [-0.39, 0.29) is 30.2 Å². The Morgan fingerprint density at radius 3 is 2.17 bits per heavy atom. The van der Waals surface area contributed by atoms with Gasteiger partial charge < -0.3 is 21.3 Å². The van der Waals surface area contributed by atoms with Gasteiger partial charge in [0.15, 0.2) is 0 Å². The van der Waals surface area contributed by atoms with Gasteiger partial charge in [-0.15, -0.1) is 0 Å². The Kier molecular flexibility index (Phi) is 7.29. The molecule has 1 heterocycles. The molecule has 0 spiro atoms. The predicted molar refractivity (Wildman–Crippen MR) is 139 cm³/mol. The van der Waals surface area contributed by atoms with Gasteiger partial charge in [-0.05, 0) is 54.4 Å². The van der Waals surface area contributed by atoms with Crippen molar-refractivity contribution in [2.45, 2.75) is 19.9 Å². The summed E-state index contributed by atoms with van der Waals surface area (Å²) in [4.78, 5) is 51.9. The molecular formula is C27H27N5O4. The molecular weight excluding hydrogens is 458 g/mol. The number of nitrogens with zero attached hydrogens (tertiary/aromatic N) is 1. The van der Waals surface area contributed by atoms with Crippen molar-refractivity contribution in [2.75, 3.05) is 27.4 Å². The van der Waals surface area contributed by atoms with Gasteiger partial charge in [-0.3, -0.25) is 19.3 Å². The van der Waals surface area contributed by atoms with E-state index in [2.05, 4.69) is 21.3 Å². The Morgan fingerprint density at radius 1 is 0.833 bits per heavy atom. The van der Waals surface area contributed by atoms with Gasteiger partial charge in [0.1, 0.15) is 12.6 Å². The van der Waals surface area contributed by atoms with Crippen molar-refractivity contribution in [3.8, 4) is 0 Å². The number of nitrogens with one attached hydrogen (secondary N) is 4. The zero-order valence-corrected chi connectivity index (χ0v) is 19.9. The summed E-state index contributed by atoms with van der Waals surface area (Å²) in [6, 6.07) is 21.2. The lowest BCUT2D eigenvalue weighted by molar-refractivity contribution is -0.119. The first-order valence-electron chi connectivity index (χ1n) is 11.6. The highest BCUT2D eigenvalue weighted by molar-refractivity contribution is 6.15. The minimum atomic E-state index is -0.779. The van der Waals surface area contributed by atoms with E-state index in [1.165, 1.54) is 4.90 Å². The van der Waals surface area contributed by atoms with Crippen LogP contribution in [0.15, 0.2) is 78.9 Å². The Labute approximate surface area is 208 Å². The fraction of sp³-hybridized carbons (Fsp3) is 0.185. The molecule has 0 aromatic heterocycles. The van der Waals surface area contributed by atoms with Crippen LogP contribution >= 0.6 is 0 Å². The molecule has 0 radical (unpaired) electrons. The molecule has 9 nitrogen and oxygen atoms in total. The molecule has 184 valence electrons. The summed E-state index contributed by atoms with van der Waals surface area (Å²) >= 11 is 0. The molecule has 4 rings (SSSR count). The lowest BCUT2D eigenvalue weighted by Gasteiger charge is -2.29. The Hall–Kier alpha value is -4.66. The molecule has 0 saturated heterocycles. The van der Waals surface area contributed by atoms with E-state index in [4.69, 9.17) is 0 Å². The van der Waals surface area contributed by atoms with E-state index in [0.29, 0.717) is 28.3 Å². The minimum Gasteiger partial charge on any atom is -0.326 e. The average molecular weight is 486 g/mol. The highest BCUT2D eigenvalue weighted by Gasteiger charge is 2.28. The fourth-order valence-corrected chi connectivity index (χ4v) is 3.85. The summed E-state index contributed by atoms with van der Waals surface area (Å²) in [5, 5.41) is 11.0. The quantitative estimate of drug-likeness (QED) is 0.421. The van der Waals surface area contributed by atoms with Crippen LogP contribution in [-0.2, 0) is 9.59 Å². The van der Waals surface area contributed by atoms with Crippen LogP contribution in [0, 0.1) is 5.92 Å². The molecule has 1 unspecified atom stereocenters. The lowest BCUT2D eigenvalue weighted by Crippen LogP contribution is -2.48. The number of carbonyl (C=O) groups is 4. The normalized spacial score (nSPS) is 13.3. The Bertz CT molecular complexity index is 1270. The van der Waals surface area contributed by atoms with E-state index in [9.17, 15) is 19.2 Å². The molecule has 5 amide bonds. The van der Waals surface area contributed by atoms with Crippen molar-refractivity contribution in [3.05, 3.63) is 84.4 Å². The fourth-order valence-electron chi connectivity index (χ4n) is 3.85. The standard InChI is InChI=1S/C27H27N5O4/c1-17(2)24(31-27(36)29-19-8-4-3-5-9-19)25(34)28-20-14-12-18(13-15-20)26(35)32-16-23(33)30-21-10-6-7-11-22(21)32/h3-15,17,24H,16H2,1-2H3,(H,28,34)(H,30,33)(H2,29,31,36). The van der Waals surface area contributed by atoms with Gasteiger partial charge in [-0.2, -0.15) is 0 Å². The molecule has 1 atom stereocenters. The third-order valence-corrected chi connectivity index (χ3v) is 5.68. The molecule has 3 aromatic rings. The van der Waals surface area contributed by atoms with Crippen molar-refractivity contribution in [1.82, 2.24) is 5.32 Å². The molecule has 0 saturated carbocycles. The van der Waals surface area contributed by atoms with Crippen molar-refractivity contribution in [3.63, 3.8) is 0 Å². The topological polar surface area (TPSA) is 120 Å². The lowest BCUT2D eigenvalue weighted by atomic mass is 10.0. The molecule has 1 aliphatic heterocycles. The second-order valence-electron chi connectivity index (χ2n) is 8.71. The predicted octanol–water partition coefficient (Wildman–Crippen LogP) is 4.07. The monoisotopic (exact) mass is 485 g/mol. The number of amides is 5. The van der Waals surface area contributed by atoms with Crippen molar-refractivity contribution in [2.24, 2.45) is 5.92 Å². The van der Waals surface area contributed by atoms with Gasteiger partial charge >= 0.3 is 6.03 Å². The number of carbonyl (C=O) groups excluding carboxylic acids is 4. The number of benzene rings is 3. The summed E-state index contributed by atoms with van der Waals surface area (Å²) in [6.45, 7) is 3.59. The summed E-state index contributed by atoms with van der Waals surface area (Å²) in [7, 11) is 0. The number of hydrogen-bond donors (Lipinski definition) is 4. The maximum absolute atomic E-state index is 13.1. The van der Waals surface area contributed by atoms with E-state index < -0.39 is 12.1 Å². The van der Waals surface area contributed by atoms with Gasteiger partial charge in [0, 0.05) is 16.9 Å². The number of rotatable bonds is 6. The maximum atomic E-state index is 13.1. The molecule has 1 aliphatic rings. The van der Waals surface area contributed by atoms with Crippen LogP contribution in [-0.4, -0.2) is 36.3 Å². The van der Waals surface area contributed by atoms with E-state index in [1.54, 1.807) is 72.8 Å².